The van der Waals surface area contributed by atoms with Crippen molar-refractivity contribution in [3.63, 3.8) is 0 Å². The lowest BCUT2D eigenvalue weighted by molar-refractivity contribution is 0.0929. The van der Waals surface area contributed by atoms with Crippen LogP contribution in [0.3, 0.4) is 0 Å². The number of hydrogen-bond donors (Lipinski definition) is 1. The van der Waals surface area contributed by atoms with Crippen molar-refractivity contribution in [2.75, 3.05) is 7.11 Å². The Bertz CT molecular complexity index is 467. The van der Waals surface area contributed by atoms with Gasteiger partial charge in [-0.3, -0.25) is 4.79 Å². The molecule has 0 aromatic heterocycles. The van der Waals surface area contributed by atoms with Crippen molar-refractivity contribution >= 4 is 21.8 Å². The van der Waals surface area contributed by atoms with Crippen LogP contribution in [0.5, 0.6) is 5.75 Å². The van der Waals surface area contributed by atoms with Gasteiger partial charge in [-0.2, -0.15) is 0 Å². The predicted octanol–water partition coefficient (Wildman–Crippen LogP) is 3.27. The van der Waals surface area contributed by atoms with E-state index in [0.717, 1.165) is 19.3 Å². The Balaban J connectivity index is 2.05. The molecule has 0 saturated heterocycles. The first-order chi connectivity index (χ1) is 9.11. The highest BCUT2D eigenvalue weighted by Gasteiger charge is 2.24. The minimum atomic E-state index is -0.519. The Morgan fingerprint density at radius 3 is 2.79 bits per heavy atom. The fourth-order valence-corrected chi connectivity index (χ4v) is 3.03. The largest absolute Gasteiger partial charge is 0.494 e. The van der Waals surface area contributed by atoms with Crippen LogP contribution in [0, 0.1) is 5.82 Å². The van der Waals surface area contributed by atoms with Crippen molar-refractivity contribution in [3.8, 4) is 5.75 Å². The SMILES string of the molecule is COc1ccc(C(=O)NC2CCCCC2Br)cc1F. The Labute approximate surface area is 120 Å². The zero-order chi connectivity index (χ0) is 13.8. The summed E-state index contributed by atoms with van der Waals surface area (Å²) >= 11 is 3.58. The molecule has 1 N–H and O–H groups in total. The average molecular weight is 330 g/mol. The maximum atomic E-state index is 13.6. The maximum absolute atomic E-state index is 13.6. The third kappa shape index (κ3) is 3.47. The molecule has 1 aromatic carbocycles. The summed E-state index contributed by atoms with van der Waals surface area (Å²) in [5.41, 5.74) is 0.323. The van der Waals surface area contributed by atoms with Gasteiger partial charge in [0.1, 0.15) is 0 Å². The average Bonchev–Trinajstić information content (AvgIpc) is 2.41. The first-order valence-corrected chi connectivity index (χ1v) is 7.32. The molecule has 1 saturated carbocycles. The van der Waals surface area contributed by atoms with E-state index in [1.807, 2.05) is 0 Å². The van der Waals surface area contributed by atoms with E-state index in [4.69, 9.17) is 4.74 Å². The van der Waals surface area contributed by atoms with Gasteiger partial charge in [-0.1, -0.05) is 28.8 Å². The molecule has 5 heteroatoms. The molecule has 1 fully saturated rings. The summed E-state index contributed by atoms with van der Waals surface area (Å²) in [5.74, 6) is -0.611. The molecule has 3 nitrogen and oxygen atoms in total. The van der Waals surface area contributed by atoms with Crippen molar-refractivity contribution in [1.82, 2.24) is 5.32 Å². The second-order valence-electron chi connectivity index (χ2n) is 4.73. The zero-order valence-electron chi connectivity index (χ0n) is 10.8. The van der Waals surface area contributed by atoms with E-state index in [0.29, 0.717) is 10.4 Å². The number of halogens is 2. The van der Waals surface area contributed by atoms with Crippen LogP contribution in [0.4, 0.5) is 4.39 Å². The molecule has 2 atom stereocenters. The first kappa shape index (κ1) is 14.3. The van der Waals surface area contributed by atoms with Crippen LogP contribution in [0.25, 0.3) is 0 Å². The van der Waals surface area contributed by atoms with Gasteiger partial charge in [-0.25, -0.2) is 4.39 Å². The van der Waals surface area contributed by atoms with Gasteiger partial charge in [0, 0.05) is 16.4 Å². The number of methoxy groups -OCH3 is 1. The van der Waals surface area contributed by atoms with Crippen molar-refractivity contribution < 1.29 is 13.9 Å². The normalized spacial score (nSPS) is 22.9. The lowest BCUT2D eigenvalue weighted by Gasteiger charge is -2.28. The molecular weight excluding hydrogens is 313 g/mol. The number of carbonyl (C=O) groups excluding carboxylic acids is 1. The van der Waals surface area contributed by atoms with E-state index in [-0.39, 0.29) is 17.7 Å². The molecule has 1 aliphatic carbocycles. The summed E-state index contributed by atoms with van der Waals surface area (Å²) in [6.45, 7) is 0. The standard InChI is InChI=1S/C14H17BrFNO2/c1-19-13-7-6-9(8-11(13)16)14(18)17-12-5-3-2-4-10(12)15/h6-8,10,12H,2-5H2,1H3,(H,17,18). The summed E-state index contributed by atoms with van der Waals surface area (Å²) in [6.07, 6.45) is 4.31. The topological polar surface area (TPSA) is 38.3 Å². The minimum absolute atomic E-state index is 0.117. The van der Waals surface area contributed by atoms with Crippen LogP contribution in [-0.4, -0.2) is 23.9 Å². The Kier molecular flexibility index (Phi) is 4.80. The van der Waals surface area contributed by atoms with E-state index < -0.39 is 5.82 Å². The molecule has 1 aliphatic rings. The van der Waals surface area contributed by atoms with Crippen LogP contribution in [0.1, 0.15) is 36.0 Å². The molecule has 0 heterocycles. The quantitative estimate of drug-likeness (QED) is 0.864. The van der Waals surface area contributed by atoms with E-state index in [2.05, 4.69) is 21.2 Å². The van der Waals surface area contributed by atoms with Crippen LogP contribution in [0.15, 0.2) is 18.2 Å². The molecule has 1 amide bonds. The van der Waals surface area contributed by atoms with E-state index in [9.17, 15) is 9.18 Å². The molecule has 0 aliphatic heterocycles. The smallest absolute Gasteiger partial charge is 0.251 e. The van der Waals surface area contributed by atoms with Gasteiger partial charge in [0.25, 0.3) is 5.91 Å². The molecule has 0 radical (unpaired) electrons. The maximum Gasteiger partial charge on any atom is 0.251 e. The third-order valence-corrected chi connectivity index (χ3v) is 4.51. The number of ether oxygens (including phenoxy) is 1. The van der Waals surface area contributed by atoms with Gasteiger partial charge in [-0.05, 0) is 31.0 Å². The molecule has 2 unspecified atom stereocenters. The van der Waals surface area contributed by atoms with Gasteiger partial charge in [0.2, 0.25) is 0 Å². The molecule has 1 aromatic rings. The molecule has 19 heavy (non-hydrogen) atoms. The van der Waals surface area contributed by atoms with Crippen molar-refractivity contribution in [3.05, 3.63) is 29.6 Å². The van der Waals surface area contributed by atoms with Gasteiger partial charge < -0.3 is 10.1 Å². The second-order valence-corrected chi connectivity index (χ2v) is 5.91. The Morgan fingerprint density at radius 1 is 1.42 bits per heavy atom. The highest BCUT2D eigenvalue weighted by molar-refractivity contribution is 9.09. The monoisotopic (exact) mass is 329 g/mol. The summed E-state index contributed by atoms with van der Waals surface area (Å²) < 4.78 is 18.4. The van der Waals surface area contributed by atoms with E-state index in [1.165, 1.54) is 25.7 Å². The zero-order valence-corrected chi connectivity index (χ0v) is 12.4. The number of rotatable bonds is 3. The highest BCUT2D eigenvalue weighted by Crippen LogP contribution is 2.25. The number of benzene rings is 1. The Morgan fingerprint density at radius 2 is 2.16 bits per heavy atom. The lowest BCUT2D eigenvalue weighted by Crippen LogP contribution is -2.42. The van der Waals surface area contributed by atoms with Gasteiger partial charge in [0.05, 0.1) is 7.11 Å². The number of hydrogen-bond acceptors (Lipinski definition) is 2. The fraction of sp³-hybridized carbons (Fsp3) is 0.500. The number of carbonyl (C=O) groups is 1. The predicted molar refractivity (Wildman–Crippen MR) is 75.4 cm³/mol. The van der Waals surface area contributed by atoms with Gasteiger partial charge in [0.15, 0.2) is 11.6 Å². The van der Waals surface area contributed by atoms with Gasteiger partial charge >= 0.3 is 0 Å². The van der Waals surface area contributed by atoms with Crippen LogP contribution < -0.4 is 10.1 Å². The number of amides is 1. The third-order valence-electron chi connectivity index (χ3n) is 3.41. The fourth-order valence-electron chi connectivity index (χ4n) is 2.31. The Hall–Kier alpha value is -1.10. The summed E-state index contributed by atoms with van der Waals surface area (Å²) in [5, 5.41) is 2.96. The van der Waals surface area contributed by atoms with E-state index in [1.54, 1.807) is 6.07 Å². The highest BCUT2D eigenvalue weighted by atomic mass is 79.9. The molecule has 0 bridgehead atoms. The lowest BCUT2D eigenvalue weighted by atomic mass is 9.95. The molecule has 0 spiro atoms. The van der Waals surface area contributed by atoms with Crippen LogP contribution >= 0.6 is 15.9 Å². The summed E-state index contributed by atoms with van der Waals surface area (Å²) in [4.78, 5) is 12.4. The summed E-state index contributed by atoms with van der Waals surface area (Å²) in [7, 11) is 1.40. The first-order valence-electron chi connectivity index (χ1n) is 6.40. The number of alkyl halides is 1. The number of nitrogens with one attached hydrogen (secondary N) is 1. The van der Waals surface area contributed by atoms with Gasteiger partial charge in [-0.15, -0.1) is 0 Å². The van der Waals surface area contributed by atoms with Crippen LogP contribution in [-0.2, 0) is 0 Å². The van der Waals surface area contributed by atoms with Crippen molar-refractivity contribution in [2.24, 2.45) is 0 Å². The van der Waals surface area contributed by atoms with Crippen LogP contribution in [0.2, 0.25) is 0 Å². The van der Waals surface area contributed by atoms with Crippen molar-refractivity contribution in [1.29, 1.82) is 0 Å². The molecule has 2 rings (SSSR count). The van der Waals surface area contributed by atoms with Crippen molar-refractivity contribution in [2.45, 2.75) is 36.6 Å². The second kappa shape index (κ2) is 6.37. The molecule has 104 valence electrons. The molecular formula is C14H17BrFNO2. The minimum Gasteiger partial charge on any atom is -0.494 e. The summed E-state index contributed by atoms with van der Waals surface area (Å²) in [6, 6.07) is 4.37. The van der Waals surface area contributed by atoms with E-state index >= 15 is 0 Å².